The first-order valence-corrected chi connectivity index (χ1v) is 7.35. The summed E-state index contributed by atoms with van der Waals surface area (Å²) in [5.41, 5.74) is 1.84. The lowest BCUT2D eigenvalue weighted by molar-refractivity contribution is -0.116. The normalized spacial score (nSPS) is 10.9. The van der Waals surface area contributed by atoms with E-state index in [9.17, 15) is 4.79 Å². The van der Waals surface area contributed by atoms with Gasteiger partial charge in [-0.3, -0.25) is 4.79 Å². The summed E-state index contributed by atoms with van der Waals surface area (Å²) in [6, 6.07) is 11.5. The van der Waals surface area contributed by atoms with E-state index in [0.29, 0.717) is 17.6 Å². The van der Waals surface area contributed by atoms with E-state index >= 15 is 0 Å². The van der Waals surface area contributed by atoms with Crippen LogP contribution in [0.3, 0.4) is 0 Å². The highest BCUT2D eigenvalue weighted by Gasteiger charge is 2.07. The third-order valence-electron chi connectivity index (χ3n) is 3.06. The van der Waals surface area contributed by atoms with Gasteiger partial charge in [0.15, 0.2) is 0 Å². The summed E-state index contributed by atoms with van der Waals surface area (Å²) in [6.45, 7) is 5.24. The molecule has 2 N–H and O–H groups in total. The van der Waals surface area contributed by atoms with Crippen LogP contribution in [0.15, 0.2) is 42.6 Å². The van der Waals surface area contributed by atoms with Crippen LogP contribution in [0.2, 0.25) is 5.02 Å². The number of benzene rings is 1. The van der Waals surface area contributed by atoms with Crippen molar-refractivity contribution in [2.24, 2.45) is 0 Å². The van der Waals surface area contributed by atoms with Gasteiger partial charge in [0.1, 0.15) is 6.54 Å². The summed E-state index contributed by atoms with van der Waals surface area (Å²) in [5.74, 6) is -0.0562. The molecule has 0 aliphatic carbocycles. The molecule has 1 aromatic carbocycles. The van der Waals surface area contributed by atoms with E-state index in [1.54, 1.807) is 24.3 Å². The molecule has 21 heavy (non-hydrogen) atoms. The summed E-state index contributed by atoms with van der Waals surface area (Å²) >= 11 is 5.82. The van der Waals surface area contributed by atoms with Crippen molar-refractivity contribution in [2.75, 3.05) is 5.32 Å². The number of nitrogens with zero attached hydrogens (tertiary/aromatic N) is 1. The predicted molar refractivity (Wildman–Crippen MR) is 86.5 cm³/mol. The molecule has 0 fully saturated rings. The second-order valence-corrected chi connectivity index (χ2v) is 5.65. The first-order chi connectivity index (χ1) is 10.0. The van der Waals surface area contributed by atoms with Crippen molar-refractivity contribution in [1.82, 2.24) is 9.88 Å². The maximum absolute atomic E-state index is 12.1. The van der Waals surface area contributed by atoms with E-state index in [1.807, 2.05) is 22.9 Å². The first kappa shape index (κ1) is 15.6. The van der Waals surface area contributed by atoms with Crippen molar-refractivity contribution in [3.63, 3.8) is 0 Å². The van der Waals surface area contributed by atoms with Gasteiger partial charge in [-0.05, 0) is 36.4 Å². The molecule has 1 aromatic heterocycles. The Kier molecular flexibility index (Phi) is 5.42. The lowest BCUT2D eigenvalue weighted by atomic mass is 10.3. The molecule has 1 amide bonds. The van der Waals surface area contributed by atoms with Gasteiger partial charge in [0.25, 0.3) is 0 Å². The van der Waals surface area contributed by atoms with Crippen molar-refractivity contribution in [1.29, 1.82) is 0 Å². The summed E-state index contributed by atoms with van der Waals surface area (Å²) in [6.07, 6.45) is 1.92. The zero-order valence-electron chi connectivity index (χ0n) is 12.3. The number of halogens is 1. The van der Waals surface area contributed by atoms with E-state index < -0.39 is 0 Å². The Morgan fingerprint density at radius 1 is 1.24 bits per heavy atom. The third kappa shape index (κ3) is 4.92. The number of carbonyl (C=O) groups is 1. The van der Waals surface area contributed by atoms with Gasteiger partial charge < -0.3 is 15.2 Å². The molecule has 4 nitrogen and oxygen atoms in total. The highest BCUT2D eigenvalue weighted by molar-refractivity contribution is 6.30. The van der Waals surface area contributed by atoms with Gasteiger partial charge in [0.2, 0.25) is 5.91 Å². The predicted octanol–water partition coefficient (Wildman–Crippen LogP) is 3.28. The van der Waals surface area contributed by atoms with Gasteiger partial charge in [-0.25, -0.2) is 0 Å². The second-order valence-electron chi connectivity index (χ2n) is 5.22. The minimum atomic E-state index is -0.0562. The average molecular weight is 306 g/mol. The number of aromatic nitrogens is 1. The Bertz CT molecular complexity index is 590. The van der Waals surface area contributed by atoms with Gasteiger partial charge in [-0.15, -0.1) is 0 Å². The first-order valence-electron chi connectivity index (χ1n) is 6.97. The molecule has 0 aliphatic rings. The van der Waals surface area contributed by atoms with Crippen molar-refractivity contribution >= 4 is 23.2 Å². The van der Waals surface area contributed by atoms with E-state index in [0.717, 1.165) is 17.9 Å². The number of rotatable bonds is 6. The SMILES string of the molecule is CC(C)NCc1cccn1CC(=O)Nc1ccc(Cl)cc1. The molecular formula is C16H20ClN3O. The van der Waals surface area contributed by atoms with Crippen molar-refractivity contribution in [2.45, 2.75) is 33.0 Å². The van der Waals surface area contributed by atoms with Crippen LogP contribution >= 0.6 is 11.6 Å². The van der Waals surface area contributed by atoms with Gasteiger partial charge in [-0.1, -0.05) is 25.4 Å². The number of nitrogens with one attached hydrogen (secondary N) is 2. The molecule has 0 radical (unpaired) electrons. The summed E-state index contributed by atoms with van der Waals surface area (Å²) in [5, 5.41) is 6.86. The Balaban J connectivity index is 1.93. The Morgan fingerprint density at radius 2 is 1.95 bits per heavy atom. The van der Waals surface area contributed by atoms with Gasteiger partial charge in [0.05, 0.1) is 0 Å². The van der Waals surface area contributed by atoms with E-state index in [-0.39, 0.29) is 5.91 Å². The van der Waals surface area contributed by atoms with Crippen LogP contribution < -0.4 is 10.6 Å². The monoisotopic (exact) mass is 305 g/mol. The number of carbonyl (C=O) groups excluding carboxylic acids is 1. The maximum Gasteiger partial charge on any atom is 0.244 e. The molecule has 5 heteroatoms. The van der Waals surface area contributed by atoms with Crippen LogP contribution in [0.5, 0.6) is 0 Å². The number of anilines is 1. The maximum atomic E-state index is 12.1. The molecule has 0 aliphatic heterocycles. The molecule has 112 valence electrons. The van der Waals surface area contributed by atoms with Gasteiger partial charge in [0, 0.05) is 35.2 Å². The van der Waals surface area contributed by atoms with Crippen molar-refractivity contribution < 1.29 is 4.79 Å². The quantitative estimate of drug-likeness (QED) is 0.860. The molecule has 0 unspecified atom stereocenters. The average Bonchev–Trinajstić information content (AvgIpc) is 2.86. The second kappa shape index (κ2) is 7.29. The van der Waals surface area contributed by atoms with Crippen LogP contribution in [0, 0.1) is 0 Å². The lowest BCUT2D eigenvalue weighted by Gasteiger charge is -2.12. The number of hydrogen-bond acceptors (Lipinski definition) is 2. The molecule has 1 heterocycles. The molecule has 2 rings (SSSR count). The smallest absolute Gasteiger partial charge is 0.244 e. The molecule has 0 saturated heterocycles. The topological polar surface area (TPSA) is 46.1 Å². The molecule has 0 atom stereocenters. The van der Waals surface area contributed by atoms with Crippen LogP contribution in [0.25, 0.3) is 0 Å². The molecule has 0 spiro atoms. The molecular weight excluding hydrogens is 286 g/mol. The summed E-state index contributed by atoms with van der Waals surface area (Å²) in [7, 11) is 0. The fourth-order valence-corrected chi connectivity index (χ4v) is 2.09. The molecule has 0 saturated carbocycles. The number of amides is 1. The zero-order chi connectivity index (χ0) is 15.2. The summed E-state index contributed by atoms with van der Waals surface area (Å²) in [4.78, 5) is 12.1. The molecule has 0 bridgehead atoms. The largest absolute Gasteiger partial charge is 0.341 e. The minimum absolute atomic E-state index is 0.0562. The third-order valence-corrected chi connectivity index (χ3v) is 3.31. The fourth-order valence-electron chi connectivity index (χ4n) is 1.96. The van der Waals surface area contributed by atoms with Gasteiger partial charge >= 0.3 is 0 Å². The standard InChI is InChI=1S/C16H20ClN3O/c1-12(2)18-10-15-4-3-9-20(15)11-16(21)19-14-7-5-13(17)6-8-14/h3-9,12,18H,10-11H2,1-2H3,(H,19,21). The van der Waals surface area contributed by atoms with Crippen LogP contribution in [-0.4, -0.2) is 16.5 Å². The lowest BCUT2D eigenvalue weighted by Crippen LogP contribution is -2.25. The van der Waals surface area contributed by atoms with Crippen LogP contribution in [0.1, 0.15) is 19.5 Å². The summed E-state index contributed by atoms with van der Waals surface area (Å²) < 4.78 is 1.95. The number of hydrogen-bond donors (Lipinski definition) is 2. The van der Waals surface area contributed by atoms with Crippen molar-refractivity contribution in [3.05, 3.63) is 53.3 Å². The molecule has 2 aromatic rings. The van der Waals surface area contributed by atoms with Crippen LogP contribution in [0.4, 0.5) is 5.69 Å². The Labute approximate surface area is 130 Å². The van der Waals surface area contributed by atoms with Crippen LogP contribution in [-0.2, 0) is 17.9 Å². The Hall–Kier alpha value is -1.78. The van der Waals surface area contributed by atoms with Crippen molar-refractivity contribution in [3.8, 4) is 0 Å². The van der Waals surface area contributed by atoms with E-state index in [1.165, 1.54) is 0 Å². The minimum Gasteiger partial charge on any atom is -0.341 e. The van der Waals surface area contributed by atoms with E-state index in [4.69, 9.17) is 11.6 Å². The van der Waals surface area contributed by atoms with E-state index in [2.05, 4.69) is 24.5 Å². The fraction of sp³-hybridized carbons (Fsp3) is 0.312. The Morgan fingerprint density at radius 3 is 2.62 bits per heavy atom. The highest BCUT2D eigenvalue weighted by Crippen LogP contribution is 2.13. The highest BCUT2D eigenvalue weighted by atomic mass is 35.5. The zero-order valence-corrected chi connectivity index (χ0v) is 13.0. The van der Waals surface area contributed by atoms with Gasteiger partial charge in [-0.2, -0.15) is 0 Å².